The van der Waals surface area contributed by atoms with Crippen molar-refractivity contribution in [1.82, 2.24) is 10.2 Å². The zero-order chi connectivity index (χ0) is 29.4. The molecule has 0 saturated carbocycles. The molecule has 3 rings (SSSR count). The molecule has 1 N–H and O–H groups in total. The van der Waals surface area contributed by atoms with Crippen LogP contribution in [0.25, 0.3) is 0 Å². The lowest BCUT2D eigenvalue weighted by Crippen LogP contribution is -2.52. The molecule has 0 bridgehead atoms. The number of rotatable bonds is 12. The van der Waals surface area contributed by atoms with Gasteiger partial charge < -0.3 is 10.2 Å². The average Bonchev–Trinajstić information content (AvgIpc) is 2.92. The number of nitrogens with one attached hydrogen (secondary N) is 1. The number of carbonyl (C=O) groups excluding carboxylic acids is 2. The van der Waals surface area contributed by atoms with Gasteiger partial charge in [0.1, 0.15) is 12.6 Å². The third kappa shape index (κ3) is 7.56. The molecule has 3 aromatic rings. The Morgan fingerprint density at radius 2 is 1.65 bits per heavy atom. The maximum atomic E-state index is 14.1. The molecule has 3 aromatic carbocycles. The molecule has 0 saturated heterocycles. The zero-order valence-electron chi connectivity index (χ0n) is 23.2. The van der Waals surface area contributed by atoms with Gasteiger partial charge in [0.05, 0.1) is 10.6 Å². The van der Waals surface area contributed by atoms with Gasteiger partial charge in [0.25, 0.3) is 10.0 Å². The largest absolute Gasteiger partial charge is 0.354 e. The van der Waals surface area contributed by atoms with E-state index in [2.05, 4.69) is 5.32 Å². The number of aryl methyl sites for hydroxylation is 2. The Balaban J connectivity index is 2.09. The van der Waals surface area contributed by atoms with Crippen LogP contribution in [0.4, 0.5) is 5.69 Å². The van der Waals surface area contributed by atoms with Crippen molar-refractivity contribution in [3.8, 4) is 0 Å². The molecule has 10 heteroatoms. The van der Waals surface area contributed by atoms with Crippen LogP contribution in [0.3, 0.4) is 0 Å². The highest BCUT2D eigenvalue weighted by atomic mass is 35.5. The molecule has 7 nitrogen and oxygen atoms in total. The number of hydrogen-bond acceptors (Lipinski definition) is 4. The Kier molecular flexibility index (Phi) is 11.0. The molecule has 0 fully saturated rings. The summed E-state index contributed by atoms with van der Waals surface area (Å²) >= 11 is 12.5. The molecular formula is C30H35Cl2N3O4S. The van der Waals surface area contributed by atoms with Gasteiger partial charge in [0.15, 0.2) is 0 Å². The summed E-state index contributed by atoms with van der Waals surface area (Å²) in [5, 5.41) is 3.65. The van der Waals surface area contributed by atoms with Gasteiger partial charge in [0, 0.05) is 23.1 Å². The first-order valence-corrected chi connectivity index (χ1v) is 15.3. The van der Waals surface area contributed by atoms with Gasteiger partial charge >= 0.3 is 0 Å². The van der Waals surface area contributed by atoms with E-state index in [1.165, 1.54) is 17.0 Å². The molecule has 0 unspecified atom stereocenters. The van der Waals surface area contributed by atoms with Crippen LogP contribution < -0.4 is 9.62 Å². The predicted octanol–water partition coefficient (Wildman–Crippen LogP) is 6.14. The monoisotopic (exact) mass is 603 g/mol. The van der Waals surface area contributed by atoms with Crippen molar-refractivity contribution in [3.05, 3.63) is 93.5 Å². The number of sulfonamides is 1. The van der Waals surface area contributed by atoms with Crippen molar-refractivity contribution in [2.24, 2.45) is 0 Å². The van der Waals surface area contributed by atoms with E-state index in [4.69, 9.17) is 23.2 Å². The molecule has 40 heavy (non-hydrogen) atoms. The molecule has 214 valence electrons. The van der Waals surface area contributed by atoms with E-state index in [1.807, 2.05) is 26.8 Å². The fraction of sp³-hybridized carbons (Fsp3) is 0.333. The van der Waals surface area contributed by atoms with E-state index in [0.717, 1.165) is 16.3 Å². The Labute approximate surface area is 247 Å². The number of benzene rings is 3. The third-order valence-electron chi connectivity index (χ3n) is 6.52. The van der Waals surface area contributed by atoms with Crippen molar-refractivity contribution < 1.29 is 18.0 Å². The number of nitrogens with zero attached hydrogens (tertiary/aromatic N) is 2. The number of carbonyl (C=O) groups is 2. The molecule has 0 aliphatic carbocycles. The minimum absolute atomic E-state index is 0.00100. The summed E-state index contributed by atoms with van der Waals surface area (Å²) in [5.74, 6) is -0.851. The molecule has 0 aliphatic rings. The Bertz CT molecular complexity index is 1450. The topological polar surface area (TPSA) is 86.8 Å². The average molecular weight is 605 g/mol. The third-order valence-corrected chi connectivity index (χ3v) is 8.88. The van der Waals surface area contributed by atoms with E-state index in [-0.39, 0.29) is 17.3 Å². The number of anilines is 1. The quantitative estimate of drug-likeness (QED) is 0.269. The summed E-state index contributed by atoms with van der Waals surface area (Å²) in [6.45, 7) is 7.41. The van der Waals surface area contributed by atoms with Gasteiger partial charge in [0.2, 0.25) is 11.8 Å². The van der Waals surface area contributed by atoms with Gasteiger partial charge in [-0.1, -0.05) is 79.0 Å². The summed E-state index contributed by atoms with van der Waals surface area (Å²) in [6.07, 6.45) is 1.05. The summed E-state index contributed by atoms with van der Waals surface area (Å²) in [4.78, 5) is 28.8. The lowest BCUT2D eigenvalue weighted by atomic mass is 10.1. The standard InChI is InChI=1S/C30H35Cl2N3O4S/c1-5-16-33-30(37)27(6-2)34(19-23-13-14-24(31)18-26(23)32)29(36)20-35(28-15-12-21(3)17-22(28)4)40(38,39)25-10-8-7-9-11-25/h7-15,17-18,27H,5-6,16,19-20H2,1-4H3,(H,33,37)/t27-/m1/s1. The van der Waals surface area contributed by atoms with Crippen molar-refractivity contribution in [2.45, 2.75) is 58.0 Å². The van der Waals surface area contributed by atoms with Crippen LogP contribution in [0.1, 0.15) is 43.4 Å². The summed E-state index contributed by atoms with van der Waals surface area (Å²) < 4.78 is 29.0. The van der Waals surface area contributed by atoms with Gasteiger partial charge in [-0.05, 0) is 68.1 Å². The number of halogens is 2. The second-order valence-corrected chi connectivity index (χ2v) is 12.3. The van der Waals surface area contributed by atoms with Crippen LogP contribution in [0, 0.1) is 13.8 Å². The Hall–Kier alpha value is -3.07. The predicted molar refractivity (Wildman–Crippen MR) is 161 cm³/mol. The van der Waals surface area contributed by atoms with E-state index in [0.29, 0.717) is 39.8 Å². The van der Waals surface area contributed by atoms with Crippen molar-refractivity contribution in [2.75, 3.05) is 17.4 Å². The molecule has 1 atom stereocenters. The Morgan fingerprint density at radius 1 is 0.950 bits per heavy atom. The molecule has 0 heterocycles. The number of hydrogen-bond donors (Lipinski definition) is 1. The van der Waals surface area contributed by atoms with Crippen molar-refractivity contribution in [1.29, 1.82) is 0 Å². The number of amides is 2. The van der Waals surface area contributed by atoms with Crippen LogP contribution >= 0.6 is 23.2 Å². The van der Waals surface area contributed by atoms with E-state index < -0.39 is 28.5 Å². The minimum Gasteiger partial charge on any atom is -0.354 e. The molecule has 0 radical (unpaired) electrons. The zero-order valence-corrected chi connectivity index (χ0v) is 25.5. The van der Waals surface area contributed by atoms with Gasteiger partial charge in [-0.2, -0.15) is 0 Å². The second kappa shape index (κ2) is 14.0. The van der Waals surface area contributed by atoms with Crippen LogP contribution in [0.15, 0.2) is 71.6 Å². The maximum Gasteiger partial charge on any atom is 0.264 e. The van der Waals surface area contributed by atoms with Gasteiger partial charge in [-0.15, -0.1) is 0 Å². The molecule has 0 spiro atoms. The molecule has 2 amide bonds. The van der Waals surface area contributed by atoms with Gasteiger partial charge in [-0.3, -0.25) is 13.9 Å². The second-order valence-electron chi connectivity index (χ2n) is 9.59. The van der Waals surface area contributed by atoms with Crippen molar-refractivity contribution in [3.63, 3.8) is 0 Å². The highest BCUT2D eigenvalue weighted by molar-refractivity contribution is 7.92. The van der Waals surface area contributed by atoms with E-state index >= 15 is 0 Å². The fourth-order valence-electron chi connectivity index (χ4n) is 4.44. The normalized spacial score (nSPS) is 12.1. The lowest BCUT2D eigenvalue weighted by molar-refractivity contribution is -0.140. The highest BCUT2D eigenvalue weighted by Gasteiger charge is 2.34. The van der Waals surface area contributed by atoms with E-state index in [9.17, 15) is 18.0 Å². The SMILES string of the molecule is CCCNC(=O)[C@@H](CC)N(Cc1ccc(Cl)cc1Cl)C(=O)CN(c1ccc(C)cc1C)S(=O)(=O)c1ccccc1. The first-order chi connectivity index (χ1) is 19.0. The summed E-state index contributed by atoms with van der Waals surface area (Å²) in [5.41, 5.74) is 2.63. The van der Waals surface area contributed by atoms with Crippen molar-refractivity contribution >= 4 is 50.7 Å². The lowest BCUT2D eigenvalue weighted by Gasteiger charge is -2.33. The van der Waals surface area contributed by atoms with Crippen LogP contribution in [-0.2, 0) is 26.2 Å². The summed E-state index contributed by atoms with van der Waals surface area (Å²) in [7, 11) is -4.13. The summed E-state index contributed by atoms with van der Waals surface area (Å²) in [6, 6.07) is 17.4. The fourth-order valence-corrected chi connectivity index (χ4v) is 6.41. The molecular weight excluding hydrogens is 569 g/mol. The van der Waals surface area contributed by atoms with E-state index in [1.54, 1.807) is 55.5 Å². The minimum atomic E-state index is -4.13. The maximum absolute atomic E-state index is 14.1. The molecule has 0 aliphatic heterocycles. The smallest absolute Gasteiger partial charge is 0.264 e. The Morgan fingerprint density at radius 3 is 2.25 bits per heavy atom. The first kappa shape index (κ1) is 31.5. The highest BCUT2D eigenvalue weighted by Crippen LogP contribution is 2.29. The van der Waals surface area contributed by atoms with Crippen LogP contribution in [-0.4, -0.2) is 44.3 Å². The van der Waals surface area contributed by atoms with Gasteiger partial charge in [-0.25, -0.2) is 8.42 Å². The van der Waals surface area contributed by atoms with Crippen LogP contribution in [0.5, 0.6) is 0 Å². The first-order valence-electron chi connectivity index (χ1n) is 13.2. The van der Waals surface area contributed by atoms with Crippen LogP contribution in [0.2, 0.25) is 10.0 Å². The molecule has 0 aromatic heterocycles.